The molecule has 0 bridgehead atoms. The minimum atomic E-state index is 0.651. The molecule has 0 unspecified atom stereocenters. The summed E-state index contributed by atoms with van der Waals surface area (Å²) in [5, 5.41) is 0. The van der Waals surface area contributed by atoms with E-state index >= 15 is 0 Å². The molecule has 0 fully saturated rings. The topological polar surface area (TPSA) is 18.5 Å². The van der Waals surface area contributed by atoms with Crippen LogP contribution in [0.1, 0.15) is 25.7 Å². The van der Waals surface area contributed by atoms with Gasteiger partial charge in [0.15, 0.2) is 0 Å². The van der Waals surface area contributed by atoms with Gasteiger partial charge in [0, 0.05) is 17.3 Å². The number of methoxy groups -OCH3 is 1. The first-order chi connectivity index (χ1) is 8.83. The molecular weight excluding hydrogens is 339 g/mol. The number of halogens is 1. The second-order valence-corrected chi connectivity index (χ2v) is 5.32. The highest BCUT2D eigenvalue weighted by atomic mass is 127. The first-order valence-electron chi connectivity index (χ1n) is 6.35. The Hall–Kier alpha value is -0.550. The highest BCUT2D eigenvalue weighted by Gasteiger charge is 1.91. The minimum Gasteiger partial charge on any atom is -0.490 e. The fourth-order valence-electron chi connectivity index (χ4n) is 1.55. The van der Waals surface area contributed by atoms with Crippen LogP contribution in [0, 0.1) is 3.57 Å². The van der Waals surface area contributed by atoms with Crippen LogP contribution in [0.5, 0.6) is 5.75 Å². The quantitative estimate of drug-likeness (QED) is 0.368. The Balaban J connectivity index is 2.01. The lowest BCUT2D eigenvalue weighted by atomic mass is 10.2. The number of hydrogen-bond acceptors (Lipinski definition) is 2. The van der Waals surface area contributed by atoms with E-state index in [0.29, 0.717) is 6.61 Å². The van der Waals surface area contributed by atoms with Crippen LogP contribution in [0.2, 0.25) is 0 Å². The van der Waals surface area contributed by atoms with Crippen molar-refractivity contribution in [3.63, 3.8) is 0 Å². The molecule has 0 aromatic heterocycles. The van der Waals surface area contributed by atoms with Crippen LogP contribution >= 0.6 is 22.6 Å². The third-order valence-electron chi connectivity index (χ3n) is 2.55. The van der Waals surface area contributed by atoms with E-state index in [1.54, 1.807) is 7.11 Å². The van der Waals surface area contributed by atoms with E-state index in [9.17, 15) is 0 Å². The summed E-state index contributed by atoms with van der Waals surface area (Å²) in [5.41, 5.74) is 0. The normalized spacial score (nSPS) is 11.0. The molecule has 0 saturated heterocycles. The van der Waals surface area contributed by atoms with Gasteiger partial charge >= 0.3 is 0 Å². The van der Waals surface area contributed by atoms with Crippen molar-refractivity contribution in [3.05, 3.63) is 40.0 Å². The average molecular weight is 360 g/mol. The first-order valence-corrected chi connectivity index (χ1v) is 7.43. The summed E-state index contributed by atoms with van der Waals surface area (Å²) in [6.45, 7) is 1.53. The maximum atomic E-state index is 5.60. The van der Waals surface area contributed by atoms with E-state index in [4.69, 9.17) is 9.47 Å². The Bertz CT molecular complexity index is 333. The summed E-state index contributed by atoms with van der Waals surface area (Å²) >= 11 is 2.29. The van der Waals surface area contributed by atoms with Gasteiger partial charge in [-0.15, -0.1) is 0 Å². The van der Waals surface area contributed by atoms with Crippen molar-refractivity contribution in [2.45, 2.75) is 25.7 Å². The number of unbranched alkanes of at least 4 members (excludes halogenated alkanes) is 3. The zero-order chi connectivity index (χ0) is 13.1. The van der Waals surface area contributed by atoms with Crippen molar-refractivity contribution in [1.29, 1.82) is 0 Å². The van der Waals surface area contributed by atoms with E-state index in [1.165, 1.54) is 16.4 Å². The van der Waals surface area contributed by atoms with Crippen LogP contribution in [0.3, 0.4) is 0 Å². The molecule has 0 amide bonds. The van der Waals surface area contributed by atoms with E-state index in [2.05, 4.69) is 46.9 Å². The summed E-state index contributed by atoms with van der Waals surface area (Å²) in [5.74, 6) is 0.931. The van der Waals surface area contributed by atoms with Crippen LogP contribution in [0.25, 0.3) is 0 Å². The molecule has 100 valence electrons. The number of benzene rings is 1. The van der Waals surface area contributed by atoms with Crippen molar-refractivity contribution in [3.8, 4) is 5.75 Å². The summed E-state index contributed by atoms with van der Waals surface area (Å²) < 4.78 is 11.8. The van der Waals surface area contributed by atoms with Crippen LogP contribution < -0.4 is 4.74 Å². The molecule has 0 aliphatic carbocycles. The fraction of sp³-hybridized carbons (Fsp3) is 0.467. The van der Waals surface area contributed by atoms with Crippen LogP contribution in [0.4, 0.5) is 0 Å². The minimum absolute atomic E-state index is 0.651. The zero-order valence-electron chi connectivity index (χ0n) is 10.9. The molecule has 0 atom stereocenters. The largest absolute Gasteiger partial charge is 0.490 e. The van der Waals surface area contributed by atoms with Gasteiger partial charge in [-0.2, -0.15) is 0 Å². The predicted molar refractivity (Wildman–Crippen MR) is 84.1 cm³/mol. The third-order valence-corrected chi connectivity index (χ3v) is 3.26. The van der Waals surface area contributed by atoms with Gasteiger partial charge in [-0.05, 0) is 66.1 Å². The van der Waals surface area contributed by atoms with Crippen LogP contribution in [-0.2, 0) is 4.74 Å². The molecule has 0 N–H and O–H groups in total. The smallest absolute Gasteiger partial charge is 0.119 e. The van der Waals surface area contributed by atoms with Gasteiger partial charge in [0.2, 0.25) is 0 Å². The lowest BCUT2D eigenvalue weighted by Gasteiger charge is -2.02. The van der Waals surface area contributed by atoms with Crippen molar-refractivity contribution in [1.82, 2.24) is 0 Å². The van der Waals surface area contributed by atoms with E-state index in [1.807, 2.05) is 12.1 Å². The lowest BCUT2D eigenvalue weighted by molar-refractivity contribution is 0.192. The molecule has 1 rings (SSSR count). The van der Waals surface area contributed by atoms with Gasteiger partial charge in [-0.1, -0.05) is 18.6 Å². The van der Waals surface area contributed by atoms with Crippen LogP contribution in [0.15, 0.2) is 36.4 Å². The molecule has 1 aromatic carbocycles. The molecule has 0 radical (unpaired) electrons. The fourth-order valence-corrected chi connectivity index (χ4v) is 1.91. The predicted octanol–water partition coefficient (Wildman–Crippen LogP) is 4.43. The third kappa shape index (κ3) is 7.71. The molecule has 0 aliphatic rings. The Labute approximate surface area is 124 Å². The SMILES string of the molecule is COCCCCC/C=C/COc1ccc(I)cc1. The zero-order valence-corrected chi connectivity index (χ0v) is 13.1. The Kier molecular flexibility index (Phi) is 8.94. The molecule has 0 heterocycles. The lowest BCUT2D eigenvalue weighted by Crippen LogP contribution is -1.93. The average Bonchev–Trinajstić information content (AvgIpc) is 2.39. The van der Waals surface area contributed by atoms with Gasteiger partial charge < -0.3 is 9.47 Å². The van der Waals surface area contributed by atoms with Crippen molar-refractivity contribution in [2.75, 3.05) is 20.3 Å². The molecule has 0 saturated carbocycles. The Morgan fingerprint density at radius 1 is 1.06 bits per heavy atom. The first kappa shape index (κ1) is 15.5. The summed E-state index contributed by atoms with van der Waals surface area (Å²) in [7, 11) is 1.75. The summed E-state index contributed by atoms with van der Waals surface area (Å²) in [6.07, 6.45) is 9.02. The number of hydrogen-bond donors (Lipinski definition) is 0. The number of rotatable bonds is 9. The highest BCUT2D eigenvalue weighted by Crippen LogP contribution is 2.13. The van der Waals surface area contributed by atoms with Crippen molar-refractivity contribution < 1.29 is 9.47 Å². The van der Waals surface area contributed by atoms with Crippen molar-refractivity contribution >= 4 is 22.6 Å². The van der Waals surface area contributed by atoms with Gasteiger partial charge in [-0.25, -0.2) is 0 Å². The summed E-state index contributed by atoms with van der Waals surface area (Å²) in [4.78, 5) is 0. The maximum absolute atomic E-state index is 5.60. The van der Waals surface area contributed by atoms with E-state index in [-0.39, 0.29) is 0 Å². The van der Waals surface area contributed by atoms with Crippen LogP contribution in [-0.4, -0.2) is 20.3 Å². The number of ether oxygens (including phenoxy) is 2. The Morgan fingerprint density at radius 3 is 2.56 bits per heavy atom. The standard InChI is InChI=1S/C15H21IO2/c1-17-12-6-4-2-3-5-7-13-18-15-10-8-14(16)9-11-15/h5,7-11H,2-4,6,12-13H2,1H3/b7-5+. The van der Waals surface area contributed by atoms with E-state index in [0.717, 1.165) is 25.2 Å². The Morgan fingerprint density at radius 2 is 1.83 bits per heavy atom. The molecule has 18 heavy (non-hydrogen) atoms. The maximum Gasteiger partial charge on any atom is 0.119 e. The molecule has 3 heteroatoms. The number of allylic oxidation sites excluding steroid dienone is 1. The monoisotopic (exact) mass is 360 g/mol. The van der Waals surface area contributed by atoms with Gasteiger partial charge in [0.05, 0.1) is 0 Å². The van der Waals surface area contributed by atoms with E-state index < -0.39 is 0 Å². The van der Waals surface area contributed by atoms with Gasteiger partial charge in [0.25, 0.3) is 0 Å². The molecule has 0 aliphatic heterocycles. The molecule has 1 aromatic rings. The van der Waals surface area contributed by atoms with Gasteiger partial charge in [-0.3, -0.25) is 0 Å². The van der Waals surface area contributed by atoms with Crippen molar-refractivity contribution in [2.24, 2.45) is 0 Å². The summed E-state index contributed by atoms with van der Waals surface area (Å²) in [6, 6.07) is 8.10. The molecular formula is C15H21IO2. The molecule has 2 nitrogen and oxygen atoms in total. The molecule has 0 spiro atoms. The highest BCUT2D eigenvalue weighted by molar-refractivity contribution is 14.1. The van der Waals surface area contributed by atoms with Gasteiger partial charge in [0.1, 0.15) is 12.4 Å². The second kappa shape index (κ2) is 10.4. The second-order valence-electron chi connectivity index (χ2n) is 4.08.